The minimum absolute atomic E-state index is 0.0231. The average molecular weight is 460 g/mol. The fourth-order valence-electron chi connectivity index (χ4n) is 3.01. The van der Waals surface area contributed by atoms with Gasteiger partial charge in [0.25, 0.3) is 5.89 Å². The molecule has 0 saturated heterocycles. The van der Waals surface area contributed by atoms with Crippen molar-refractivity contribution >= 4 is 5.91 Å². The van der Waals surface area contributed by atoms with E-state index in [-0.39, 0.29) is 42.3 Å². The number of benzene rings is 2. The number of halogens is 4. The zero-order valence-corrected chi connectivity index (χ0v) is 16.8. The summed E-state index contributed by atoms with van der Waals surface area (Å²) in [5.74, 6) is -0.701. The SMILES string of the molecule is O=C(Cn1cccc1-c1nc(-c2ccc(OC(F)(F)F)cc2)no1)NCc1ccc(F)cc1. The lowest BCUT2D eigenvalue weighted by Crippen LogP contribution is -2.27. The zero-order chi connectivity index (χ0) is 23.4. The highest BCUT2D eigenvalue weighted by Crippen LogP contribution is 2.27. The average Bonchev–Trinajstić information content (AvgIpc) is 3.42. The fraction of sp³-hybridized carbons (Fsp3) is 0.136. The van der Waals surface area contributed by atoms with E-state index in [1.165, 1.54) is 24.3 Å². The van der Waals surface area contributed by atoms with Gasteiger partial charge in [-0.1, -0.05) is 17.3 Å². The summed E-state index contributed by atoms with van der Waals surface area (Å²) in [6, 6.07) is 14.2. The van der Waals surface area contributed by atoms with Gasteiger partial charge >= 0.3 is 6.36 Å². The molecule has 0 unspecified atom stereocenters. The maximum absolute atomic E-state index is 13.0. The van der Waals surface area contributed by atoms with Crippen LogP contribution in [0.2, 0.25) is 0 Å². The first-order valence-electron chi connectivity index (χ1n) is 9.63. The molecule has 0 fully saturated rings. The summed E-state index contributed by atoms with van der Waals surface area (Å²) in [6.07, 6.45) is -3.11. The van der Waals surface area contributed by atoms with E-state index >= 15 is 0 Å². The van der Waals surface area contributed by atoms with Gasteiger partial charge in [0.1, 0.15) is 23.8 Å². The van der Waals surface area contributed by atoms with Crippen molar-refractivity contribution in [3.63, 3.8) is 0 Å². The van der Waals surface area contributed by atoms with Crippen LogP contribution < -0.4 is 10.1 Å². The van der Waals surface area contributed by atoms with Crippen LogP contribution in [0, 0.1) is 5.82 Å². The van der Waals surface area contributed by atoms with Crippen LogP contribution in [-0.2, 0) is 17.9 Å². The van der Waals surface area contributed by atoms with Crippen LogP contribution in [0.3, 0.4) is 0 Å². The Balaban J connectivity index is 1.41. The molecular formula is C22H16F4N4O3. The summed E-state index contributed by atoms with van der Waals surface area (Å²) in [4.78, 5) is 16.6. The number of nitrogens with zero attached hydrogens (tertiary/aromatic N) is 3. The van der Waals surface area contributed by atoms with Crippen molar-refractivity contribution in [1.29, 1.82) is 0 Å². The molecule has 4 rings (SSSR count). The van der Waals surface area contributed by atoms with E-state index in [2.05, 4.69) is 20.2 Å². The van der Waals surface area contributed by atoms with Crippen LogP contribution in [0.4, 0.5) is 17.6 Å². The molecule has 1 amide bonds. The van der Waals surface area contributed by atoms with E-state index in [1.54, 1.807) is 35.0 Å². The predicted molar refractivity (Wildman–Crippen MR) is 108 cm³/mol. The second-order valence-corrected chi connectivity index (χ2v) is 6.92. The Labute approximate surface area is 184 Å². The topological polar surface area (TPSA) is 82.2 Å². The highest BCUT2D eigenvalue weighted by atomic mass is 19.4. The number of rotatable bonds is 7. The summed E-state index contributed by atoms with van der Waals surface area (Å²) >= 11 is 0. The third-order valence-corrected chi connectivity index (χ3v) is 4.54. The summed E-state index contributed by atoms with van der Waals surface area (Å²) < 4.78 is 60.6. The highest BCUT2D eigenvalue weighted by molar-refractivity contribution is 5.76. The van der Waals surface area contributed by atoms with Crippen molar-refractivity contribution in [1.82, 2.24) is 20.0 Å². The first-order valence-corrected chi connectivity index (χ1v) is 9.63. The van der Waals surface area contributed by atoms with Gasteiger partial charge in [0.2, 0.25) is 11.7 Å². The number of hydrogen-bond acceptors (Lipinski definition) is 5. The van der Waals surface area contributed by atoms with E-state index in [4.69, 9.17) is 4.52 Å². The monoisotopic (exact) mass is 460 g/mol. The molecule has 0 atom stereocenters. The standard InChI is InChI=1S/C22H16F4N4O3/c23-16-7-3-14(4-8-16)12-27-19(31)13-30-11-1-2-18(30)21-28-20(29-33-21)15-5-9-17(10-6-15)32-22(24,25)26/h1-11H,12-13H2,(H,27,31). The predicted octanol–water partition coefficient (Wildman–Crippen LogP) is 4.56. The third-order valence-electron chi connectivity index (χ3n) is 4.54. The van der Waals surface area contributed by atoms with Gasteiger partial charge in [0.05, 0.1) is 0 Å². The van der Waals surface area contributed by atoms with E-state index in [9.17, 15) is 22.4 Å². The Morgan fingerprint density at radius 3 is 2.48 bits per heavy atom. The summed E-state index contributed by atoms with van der Waals surface area (Å²) in [5, 5.41) is 6.60. The van der Waals surface area contributed by atoms with Crippen LogP contribution in [0.5, 0.6) is 5.75 Å². The van der Waals surface area contributed by atoms with Gasteiger partial charge in [-0.05, 0) is 54.1 Å². The summed E-state index contributed by atoms with van der Waals surface area (Å²) in [5.41, 5.74) is 1.67. The molecule has 0 bridgehead atoms. The lowest BCUT2D eigenvalue weighted by Gasteiger charge is -2.08. The minimum atomic E-state index is -4.78. The van der Waals surface area contributed by atoms with Crippen molar-refractivity contribution in [2.24, 2.45) is 0 Å². The highest BCUT2D eigenvalue weighted by Gasteiger charge is 2.31. The number of nitrogens with one attached hydrogen (secondary N) is 1. The van der Waals surface area contributed by atoms with Crippen LogP contribution in [0.15, 0.2) is 71.4 Å². The van der Waals surface area contributed by atoms with E-state index in [1.807, 2.05) is 0 Å². The Morgan fingerprint density at radius 2 is 1.79 bits per heavy atom. The second-order valence-electron chi connectivity index (χ2n) is 6.92. The molecule has 11 heteroatoms. The maximum Gasteiger partial charge on any atom is 0.573 e. The van der Waals surface area contributed by atoms with Crippen molar-refractivity contribution in [2.45, 2.75) is 19.5 Å². The Hall–Kier alpha value is -4.15. The lowest BCUT2D eigenvalue weighted by molar-refractivity contribution is -0.274. The number of alkyl halides is 3. The molecule has 0 radical (unpaired) electrons. The van der Waals surface area contributed by atoms with Gasteiger partial charge in [0.15, 0.2) is 0 Å². The largest absolute Gasteiger partial charge is 0.573 e. The molecule has 4 aromatic rings. The molecule has 2 aromatic carbocycles. The van der Waals surface area contributed by atoms with Crippen LogP contribution in [-0.4, -0.2) is 27.0 Å². The number of carbonyl (C=O) groups excluding carboxylic acids is 1. The lowest BCUT2D eigenvalue weighted by atomic mass is 10.2. The number of carbonyl (C=O) groups is 1. The molecular weight excluding hydrogens is 444 g/mol. The Kier molecular flexibility index (Phi) is 6.11. The Bertz CT molecular complexity index is 1230. The molecule has 170 valence electrons. The first-order chi connectivity index (χ1) is 15.8. The summed E-state index contributed by atoms with van der Waals surface area (Å²) in [7, 11) is 0. The number of ether oxygens (including phenoxy) is 1. The van der Waals surface area contributed by atoms with Crippen LogP contribution in [0.1, 0.15) is 5.56 Å². The van der Waals surface area contributed by atoms with Gasteiger partial charge in [-0.2, -0.15) is 4.98 Å². The van der Waals surface area contributed by atoms with Crippen molar-refractivity contribution in [2.75, 3.05) is 0 Å². The van der Waals surface area contributed by atoms with Gasteiger partial charge < -0.3 is 19.1 Å². The molecule has 0 aliphatic rings. The normalized spacial score (nSPS) is 11.4. The minimum Gasteiger partial charge on any atom is -0.406 e. The quantitative estimate of drug-likeness (QED) is 0.409. The number of hydrogen-bond donors (Lipinski definition) is 1. The summed E-state index contributed by atoms with van der Waals surface area (Å²) in [6.45, 7) is 0.221. The second kappa shape index (κ2) is 9.15. The molecule has 0 aliphatic heterocycles. The molecule has 0 spiro atoms. The van der Waals surface area contributed by atoms with E-state index in [0.29, 0.717) is 11.3 Å². The van der Waals surface area contributed by atoms with Crippen LogP contribution in [0.25, 0.3) is 23.0 Å². The Morgan fingerprint density at radius 1 is 1.06 bits per heavy atom. The first kappa shape index (κ1) is 22.1. The molecule has 2 heterocycles. The van der Waals surface area contributed by atoms with Gasteiger partial charge in [0, 0.05) is 18.3 Å². The molecule has 1 N–H and O–H groups in total. The van der Waals surface area contributed by atoms with E-state index < -0.39 is 6.36 Å². The van der Waals surface area contributed by atoms with Crippen molar-refractivity contribution in [3.8, 4) is 28.7 Å². The number of amides is 1. The van der Waals surface area contributed by atoms with Crippen molar-refractivity contribution in [3.05, 3.63) is 78.2 Å². The molecule has 0 aliphatic carbocycles. The van der Waals surface area contributed by atoms with Gasteiger partial charge in [-0.15, -0.1) is 13.2 Å². The number of aromatic nitrogens is 3. The molecule has 33 heavy (non-hydrogen) atoms. The molecule has 2 aromatic heterocycles. The smallest absolute Gasteiger partial charge is 0.406 e. The molecule has 0 saturated carbocycles. The maximum atomic E-state index is 13.0. The van der Waals surface area contributed by atoms with E-state index in [0.717, 1.165) is 17.7 Å². The van der Waals surface area contributed by atoms with Gasteiger partial charge in [-0.25, -0.2) is 4.39 Å². The fourth-order valence-corrected chi connectivity index (χ4v) is 3.01. The molecule has 7 nitrogen and oxygen atoms in total. The van der Waals surface area contributed by atoms with Crippen LogP contribution >= 0.6 is 0 Å². The van der Waals surface area contributed by atoms with Crippen molar-refractivity contribution < 1.29 is 31.6 Å². The van der Waals surface area contributed by atoms with Gasteiger partial charge in [-0.3, -0.25) is 4.79 Å². The zero-order valence-electron chi connectivity index (χ0n) is 16.8. The third kappa shape index (κ3) is 5.76.